The summed E-state index contributed by atoms with van der Waals surface area (Å²) < 4.78 is 10.2. The van der Waals surface area contributed by atoms with Gasteiger partial charge in [-0.2, -0.15) is 0 Å². The number of halogens is 1. The van der Waals surface area contributed by atoms with E-state index in [0.717, 1.165) is 11.3 Å². The number of nitrogen functional groups attached to an aromatic ring is 1. The molecule has 8 nitrogen and oxygen atoms in total. The van der Waals surface area contributed by atoms with Crippen molar-refractivity contribution in [2.45, 2.75) is 13.5 Å². The van der Waals surface area contributed by atoms with Gasteiger partial charge in [0.05, 0.1) is 12.2 Å². The Balaban J connectivity index is 2.34. The number of esters is 2. The van der Waals surface area contributed by atoms with Gasteiger partial charge in [-0.1, -0.05) is 11.6 Å². The second-order valence-electron chi connectivity index (χ2n) is 4.87. The van der Waals surface area contributed by atoms with Crippen molar-refractivity contribution in [3.8, 4) is 0 Å². The van der Waals surface area contributed by atoms with Crippen LogP contribution in [0.15, 0.2) is 18.3 Å². The molecule has 2 heterocycles. The SMILES string of the molecule is CCOC(=O)c1c(N)sc(C(=O)NC)c1COC(=O)c1cccnc1Cl. The molecule has 26 heavy (non-hydrogen) atoms. The Hall–Kier alpha value is -2.65. The molecule has 0 bridgehead atoms. The van der Waals surface area contributed by atoms with Crippen LogP contribution in [-0.4, -0.2) is 36.5 Å². The number of amides is 1. The van der Waals surface area contributed by atoms with Crippen LogP contribution in [0, 0.1) is 0 Å². The number of ether oxygens (including phenoxy) is 2. The number of nitrogens with two attached hydrogens (primary N) is 1. The van der Waals surface area contributed by atoms with E-state index in [1.807, 2.05) is 0 Å². The Bertz CT molecular complexity index is 852. The van der Waals surface area contributed by atoms with Crippen LogP contribution >= 0.6 is 22.9 Å². The molecule has 0 spiro atoms. The third-order valence-corrected chi connectivity index (χ3v) is 4.63. The highest BCUT2D eigenvalue weighted by Gasteiger charge is 2.27. The Morgan fingerprint density at radius 2 is 2.04 bits per heavy atom. The molecule has 138 valence electrons. The Morgan fingerprint density at radius 1 is 1.31 bits per heavy atom. The molecular weight excluding hydrogens is 382 g/mol. The van der Waals surface area contributed by atoms with Crippen LogP contribution in [0.5, 0.6) is 0 Å². The van der Waals surface area contributed by atoms with Crippen molar-refractivity contribution < 1.29 is 23.9 Å². The molecule has 0 aliphatic carbocycles. The first-order chi connectivity index (χ1) is 12.4. The van der Waals surface area contributed by atoms with Crippen LogP contribution < -0.4 is 11.1 Å². The van der Waals surface area contributed by atoms with Crippen molar-refractivity contribution in [3.05, 3.63) is 45.1 Å². The van der Waals surface area contributed by atoms with Gasteiger partial charge in [-0.15, -0.1) is 11.3 Å². The summed E-state index contributed by atoms with van der Waals surface area (Å²) in [5.74, 6) is -1.89. The number of rotatable bonds is 6. The van der Waals surface area contributed by atoms with Crippen LogP contribution in [0.25, 0.3) is 0 Å². The van der Waals surface area contributed by atoms with E-state index in [0.29, 0.717) is 0 Å². The van der Waals surface area contributed by atoms with E-state index in [-0.39, 0.29) is 44.9 Å². The third kappa shape index (κ3) is 4.12. The van der Waals surface area contributed by atoms with Crippen LogP contribution in [0.3, 0.4) is 0 Å². The summed E-state index contributed by atoms with van der Waals surface area (Å²) >= 11 is 6.78. The van der Waals surface area contributed by atoms with E-state index >= 15 is 0 Å². The summed E-state index contributed by atoms with van der Waals surface area (Å²) in [4.78, 5) is 40.4. The second kappa shape index (κ2) is 8.63. The zero-order valence-electron chi connectivity index (χ0n) is 14.0. The summed E-state index contributed by atoms with van der Waals surface area (Å²) in [6.45, 7) is 1.42. The number of carbonyl (C=O) groups excluding carboxylic acids is 3. The lowest BCUT2D eigenvalue weighted by atomic mass is 10.1. The van der Waals surface area contributed by atoms with Gasteiger partial charge in [0.2, 0.25) is 0 Å². The van der Waals surface area contributed by atoms with E-state index in [2.05, 4.69) is 10.3 Å². The highest BCUT2D eigenvalue weighted by molar-refractivity contribution is 7.18. The minimum absolute atomic E-state index is 0.0144. The lowest BCUT2D eigenvalue weighted by Crippen LogP contribution is -2.20. The highest BCUT2D eigenvalue weighted by Crippen LogP contribution is 2.32. The number of carbonyl (C=O) groups is 3. The third-order valence-electron chi connectivity index (χ3n) is 3.27. The van der Waals surface area contributed by atoms with Crippen LogP contribution in [0.2, 0.25) is 5.15 Å². The van der Waals surface area contributed by atoms with Gasteiger partial charge < -0.3 is 20.5 Å². The molecular formula is C16H16ClN3O5S. The molecule has 0 aliphatic heterocycles. The molecule has 0 saturated carbocycles. The lowest BCUT2D eigenvalue weighted by molar-refractivity contribution is 0.0449. The summed E-state index contributed by atoms with van der Waals surface area (Å²) in [6.07, 6.45) is 1.43. The molecule has 2 aromatic rings. The van der Waals surface area contributed by atoms with Crippen LogP contribution in [0.1, 0.15) is 42.9 Å². The molecule has 0 radical (unpaired) electrons. The van der Waals surface area contributed by atoms with Crippen molar-refractivity contribution >= 4 is 45.8 Å². The predicted molar refractivity (Wildman–Crippen MR) is 96.4 cm³/mol. The van der Waals surface area contributed by atoms with E-state index in [1.165, 1.54) is 25.4 Å². The largest absolute Gasteiger partial charge is 0.462 e. The maximum absolute atomic E-state index is 12.2. The minimum atomic E-state index is -0.745. The van der Waals surface area contributed by atoms with Gasteiger partial charge in [0.25, 0.3) is 5.91 Å². The molecule has 0 aromatic carbocycles. The number of thiophene rings is 1. The fraction of sp³-hybridized carbons (Fsp3) is 0.250. The van der Waals surface area contributed by atoms with E-state index in [4.69, 9.17) is 26.8 Å². The predicted octanol–water partition coefficient (Wildman–Crippen LogP) is 2.27. The standard InChI is InChI=1S/C16H16ClN3O5S/c1-3-24-16(23)10-9(11(14(21)19-2)26-13(10)18)7-25-15(22)8-5-4-6-20-12(8)17/h4-6H,3,7,18H2,1-2H3,(H,19,21). The zero-order chi connectivity index (χ0) is 19.3. The minimum Gasteiger partial charge on any atom is -0.462 e. The average Bonchev–Trinajstić information content (AvgIpc) is 2.96. The fourth-order valence-electron chi connectivity index (χ4n) is 2.10. The maximum Gasteiger partial charge on any atom is 0.341 e. The number of anilines is 1. The molecule has 0 unspecified atom stereocenters. The quantitative estimate of drug-likeness (QED) is 0.566. The monoisotopic (exact) mass is 397 g/mol. The smallest absolute Gasteiger partial charge is 0.341 e. The summed E-state index contributed by atoms with van der Waals surface area (Å²) in [7, 11) is 1.44. The Labute approximate surface area is 158 Å². The Morgan fingerprint density at radius 3 is 2.65 bits per heavy atom. The van der Waals surface area contributed by atoms with E-state index in [1.54, 1.807) is 6.92 Å². The molecule has 3 N–H and O–H groups in total. The average molecular weight is 398 g/mol. The normalized spacial score (nSPS) is 10.3. The molecule has 0 saturated heterocycles. The number of pyridine rings is 1. The molecule has 0 aliphatic rings. The molecule has 0 atom stereocenters. The van der Waals surface area contributed by atoms with Gasteiger partial charge >= 0.3 is 11.9 Å². The van der Waals surface area contributed by atoms with Gasteiger partial charge in [0, 0.05) is 18.8 Å². The first-order valence-electron chi connectivity index (χ1n) is 7.48. The van der Waals surface area contributed by atoms with E-state index < -0.39 is 17.8 Å². The van der Waals surface area contributed by atoms with Crippen LogP contribution in [-0.2, 0) is 16.1 Å². The number of hydrogen-bond donors (Lipinski definition) is 2. The van der Waals surface area contributed by atoms with Crippen molar-refractivity contribution in [2.24, 2.45) is 0 Å². The fourth-order valence-corrected chi connectivity index (χ4v) is 3.30. The second-order valence-corrected chi connectivity index (χ2v) is 6.28. The summed E-state index contributed by atoms with van der Waals surface area (Å²) in [5.41, 5.74) is 6.13. The zero-order valence-corrected chi connectivity index (χ0v) is 15.6. The molecule has 0 fully saturated rings. The number of hydrogen-bond acceptors (Lipinski definition) is 8. The number of nitrogens with zero attached hydrogens (tertiary/aromatic N) is 1. The number of nitrogens with one attached hydrogen (secondary N) is 1. The van der Waals surface area contributed by atoms with E-state index in [9.17, 15) is 14.4 Å². The van der Waals surface area contributed by atoms with Crippen molar-refractivity contribution in [2.75, 3.05) is 19.4 Å². The first kappa shape index (κ1) is 19.7. The topological polar surface area (TPSA) is 121 Å². The van der Waals surface area contributed by atoms with Gasteiger partial charge in [-0.3, -0.25) is 4.79 Å². The molecule has 10 heteroatoms. The van der Waals surface area contributed by atoms with Crippen molar-refractivity contribution in [1.29, 1.82) is 0 Å². The van der Waals surface area contributed by atoms with Gasteiger partial charge in [0.15, 0.2) is 0 Å². The summed E-state index contributed by atoms with van der Waals surface area (Å²) in [6, 6.07) is 2.98. The van der Waals surface area contributed by atoms with Gasteiger partial charge in [0.1, 0.15) is 27.2 Å². The van der Waals surface area contributed by atoms with Crippen molar-refractivity contribution in [3.63, 3.8) is 0 Å². The van der Waals surface area contributed by atoms with Gasteiger partial charge in [-0.25, -0.2) is 14.6 Å². The molecule has 2 aromatic heterocycles. The molecule has 1 amide bonds. The van der Waals surface area contributed by atoms with Crippen molar-refractivity contribution in [1.82, 2.24) is 10.3 Å². The molecule has 2 rings (SSSR count). The van der Waals surface area contributed by atoms with Gasteiger partial charge in [-0.05, 0) is 19.1 Å². The highest BCUT2D eigenvalue weighted by atomic mass is 35.5. The maximum atomic E-state index is 12.2. The van der Waals surface area contributed by atoms with Crippen LogP contribution in [0.4, 0.5) is 5.00 Å². The first-order valence-corrected chi connectivity index (χ1v) is 8.68. The lowest BCUT2D eigenvalue weighted by Gasteiger charge is -2.09. The Kier molecular flexibility index (Phi) is 6.53. The number of aromatic nitrogens is 1. The summed E-state index contributed by atoms with van der Waals surface area (Å²) in [5, 5.41) is 2.54.